The highest BCUT2D eigenvalue weighted by Crippen LogP contribution is 2.36. The second kappa shape index (κ2) is 6.19. The number of nitrogens with zero attached hydrogens (tertiary/aromatic N) is 2. The van der Waals surface area contributed by atoms with Crippen LogP contribution in [0.25, 0.3) is 0 Å². The highest BCUT2D eigenvalue weighted by Gasteiger charge is 2.33. The highest BCUT2D eigenvalue weighted by molar-refractivity contribution is 9.10. The first-order valence-electron chi connectivity index (χ1n) is 6.37. The summed E-state index contributed by atoms with van der Waals surface area (Å²) in [6.45, 7) is 2.62. The molecule has 1 heterocycles. The Morgan fingerprint density at radius 3 is 2.71 bits per heavy atom. The summed E-state index contributed by atoms with van der Waals surface area (Å²) in [7, 11) is 0. The fourth-order valence-corrected chi connectivity index (χ4v) is 2.55. The first-order valence-corrected chi connectivity index (χ1v) is 7.17. The van der Waals surface area contributed by atoms with Gasteiger partial charge in [0.25, 0.3) is 0 Å². The average Bonchev–Trinajstić information content (AvgIpc) is 2.85. The van der Waals surface area contributed by atoms with Crippen molar-refractivity contribution >= 4 is 15.9 Å². The average molecular weight is 363 g/mol. The molecule has 0 amide bonds. The number of benzene rings is 1. The third kappa shape index (κ3) is 3.65. The van der Waals surface area contributed by atoms with Gasteiger partial charge in [-0.15, -0.1) is 0 Å². The maximum absolute atomic E-state index is 12.9. The molecule has 0 aliphatic heterocycles. The number of hydrogen-bond donors (Lipinski definition) is 1. The van der Waals surface area contributed by atoms with E-state index in [1.54, 1.807) is 12.4 Å². The molecule has 0 aliphatic rings. The summed E-state index contributed by atoms with van der Waals surface area (Å²) < 4.78 is 40.4. The van der Waals surface area contributed by atoms with E-state index in [2.05, 4.69) is 20.9 Å². The van der Waals surface area contributed by atoms with Crippen LogP contribution in [-0.2, 0) is 19.1 Å². The lowest BCUT2D eigenvalue weighted by molar-refractivity contribution is -0.138. The molecule has 1 unspecified atom stereocenters. The summed E-state index contributed by atoms with van der Waals surface area (Å²) in [5, 5.41) is 10.2. The normalized spacial score (nSPS) is 13.4. The van der Waals surface area contributed by atoms with Crippen molar-refractivity contribution in [1.82, 2.24) is 9.55 Å². The lowest BCUT2D eigenvalue weighted by Gasteiger charge is -2.15. The van der Waals surface area contributed by atoms with Crippen LogP contribution in [0.2, 0.25) is 0 Å². The predicted molar refractivity (Wildman–Crippen MR) is 75.7 cm³/mol. The maximum Gasteiger partial charge on any atom is 0.417 e. The molecular formula is C14H14BrF3N2O. The van der Waals surface area contributed by atoms with Gasteiger partial charge in [-0.25, -0.2) is 4.98 Å². The van der Waals surface area contributed by atoms with Crippen LogP contribution in [0.1, 0.15) is 30.0 Å². The Morgan fingerprint density at radius 2 is 2.10 bits per heavy atom. The Kier molecular flexibility index (Phi) is 4.73. The van der Waals surface area contributed by atoms with Gasteiger partial charge in [0.15, 0.2) is 0 Å². The van der Waals surface area contributed by atoms with E-state index in [1.165, 1.54) is 12.1 Å². The SMILES string of the molecule is CCn1ccnc1CC(O)c1ccc(Br)c(C(F)(F)F)c1. The molecule has 1 aromatic heterocycles. The Morgan fingerprint density at radius 1 is 1.38 bits per heavy atom. The van der Waals surface area contributed by atoms with Gasteiger partial charge in [0.1, 0.15) is 5.82 Å². The minimum absolute atomic E-state index is 0.0407. The van der Waals surface area contributed by atoms with Crippen LogP contribution in [0.3, 0.4) is 0 Å². The topological polar surface area (TPSA) is 38.0 Å². The number of hydrogen-bond acceptors (Lipinski definition) is 2. The number of halogens is 4. The van der Waals surface area contributed by atoms with Crippen molar-refractivity contribution in [1.29, 1.82) is 0 Å². The molecule has 3 nitrogen and oxygen atoms in total. The second-order valence-corrected chi connectivity index (χ2v) is 5.44. The molecule has 1 aromatic carbocycles. The molecule has 2 rings (SSSR count). The van der Waals surface area contributed by atoms with Crippen LogP contribution in [0, 0.1) is 0 Å². The van der Waals surface area contributed by atoms with E-state index in [0.717, 1.165) is 6.07 Å². The molecule has 114 valence electrons. The van der Waals surface area contributed by atoms with Gasteiger partial charge in [-0.05, 0) is 24.6 Å². The Balaban J connectivity index is 2.26. The zero-order chi connectivity index (χ0) is 15.6. The molecule has 0 saturated heterocycles. The van der Waals surface area contributed by atoms with Crippen molar-refractivity contribution in [3.8, 4) is 0 Å². The molecule has 1 atom stereocenters. The first-order chi connectivity index (χ1) is 9.82. The minimum Gasteiger partial charge on any atom is -0.388 e. The van der Waals surface area contributed by atoms with E-state index >= 15 is 0 Å². The van der Waals surface area contributed by atoms with Crippen molar-refractivity contribution in [2.75, 3.05) is 0 Å². The standard InChI is InChI=1S/C14H14BrF3N2O/c1-2-20-6-5-19-13(20)8-12(21)9-3-4-11(15)10(7-9)14(16,17)18/h3-7,12,21H,2,8H2,1H3. The van der Waals surface area contributed by atoms with Gasteiger partial charge >= 0.3 is 6.18 Å². The number of imidazole rings is 1. The van der Waals surface area contributed by atoms with Crippen LogP contribution in [0.5, 0.6) is 0 Å². The number of aryl methyl sites for hydroxylation is 1. The summed E-state index contributed by atoms with van der Waals surface area (Å²) in [6.07, 6.45) is -1.96. The van der Waals surface area contributed by atoms with E-state index in [4.69, 9.17) is 0 Å². The molecular weight excluding hydrogens is 349 g/mol. The van der Waals surface area contributed by atoms with Gasteiger partial charge < -0.3 is 9.67 Å². The van der Waals surface area contributed by atoms with Crippen molar-refractivity contribution in [3.63, 3.8) is 0 Å². The Bertz CT molecular complexity index is 625. The van der Waals surface area contributed by atoms with E-state index in [9.17, 15) is 18.3 Å². The van der Waals surface area contributed by atoms with Crippen LogP contribution in [0.15, 0.2) is 35.1 Å². The monoisotopic (exact) mass is 362 g/mol. The number of rotatable bonds is 4. The summed E-state index contributed by atoms with van der Waals surface area (Å²) in [5.74, 6) is 0.640. The molecule has 0 spiro atoms. The highest BCUT2D eigenvalue weighted by atomic mass is 79.9. The molecule has 21 heavy (non-hydrogen) atoms. The van der Waals surface area contributed by atoms with Crippen molar-refractivity contribution in [2.24, 2.45) is 0 Å². The largest absolute Gasteiger partial charge is 0.417 e. The zero-order valence-electron chi connectivity index (χ0n) is 11.2. The first kappa shape index (κ1) is 16.0. The molecule has 0 saturated carbocycles. The van der Waals surface area contributed by atoms with E-state index in [0.29, 0.717) is 12.4 Å². The number of alkyl halides is 3. The maximum atomic E-state index is 12.9. The van der Waals surface area contributed by atoms with Crippen molar-refractivity contribution in [2.45, 2.75) is 32.2 Å². The third-order valence-electron chi connectivity index (χ3n) is 3.20. The molecule has 7 heteroatoms. The summed E-state index contributed by atoms with van der Waals surface area (Å²) in [5.41, 5.74) is -0.575. The Hall–Kier alpha value is -1.34. The fraction of sp³-hybridized carbons (Fsp3) is 0.357. The van der Waals surface area contributed by atoms with Gasteiger partial charge in [-0.3, -0.25) is 0 Å². The lowest BCUT2D eigenvalue weighted by Crippen LogP contribution is -2.11. The van der Waals surface area contributed by atoms with E-state index in [-0.39, 0.29) is 16.5 Å². The van der Waals surface area contributed by atoms with Crippen LogP contribution >= 0.6 is 15.9 Å². The molecule has 0 fully saturated rings. The fourth-order valence-electron chi connectivity index (χ4n) is 2.08. The summed E-state index contributed by atoms with van der Waals surface area (Å²) >= 11 is 2.88. The van der Waals surface area contributed by atoms with Gasteiger partial charge in [0.2, 0.25) is 0 Å². The second-order valence-electron chi connectivity index (χ2n) is 4.59. The lowest BCUT2D eigenvalue weighted by atomic mass is 10.0. The molecule has 0 aliphatic carbocycles. The quantitative estimate of drug-likeness (QED) is 0.893. The van der Waals surface area contributed by atoms with Crippen LogP contribution in [-0.4, -0.2) is 14.7 Å². The molecule has 1 N–H and O–H groups in total. The molecule has 2 aromatic rings. The third-order valence-corrected chi connectivity index (χ3v) is 3.89. The van der Waals surface area contributed by atoms with Gasteiger partial charge in [-0.1, -0.05) is 22.0 Å². The van der Waals surface area contributed by atoms with Gasteiger partial charge in [-0.2, -0.15) is 13.2 Å². The molecule has 0 radical (unpaired) electrons. The van der Waals surface area contributed by atoms with Gasteiger partial charge in [0.05, 0.1) is 11.7 Å². The zero-order valence-corrected chi connectivity index (χ0v) is 12.8. The predicted octanol–water partition coefficient (Wildman–Crippen LogP) is 3.96. The van der Waals surface area contributed by atoms with Crippen molar-refractivity contribution in [3.05, 3.63) is 52.0 Å². The van der Waals surface area contributed by atoms with Crippen LogP contribution in [0.4, 0.5) is 13.2 Å². The summed E-state index contributed by atoms with van der Waals surface area (Å²) in [4.78, 5) is 4.11. The number of aliphatic hydroxyl groups excluding tert-OH is 1. The Labute approximate surface area is 128 Å². The van der Waals surface area contributed by atoms with E-state index in [1.807, 2.05) is 11.5 Å². The van der Waals surface area contributed by atoms with Gasteiger partial charge in [0, 0.05) is 29.8 Å². The number of aliphatic hydroxyl groups is 1. The molecule has 0 bridgehead atoms. The van der Waals surface area contributed by atoms with E-state index < -0.39 is 17.8 Å². The van der Waals surface area contributed by atoms with Crippen molar-refractivity contribution < 1.29 is 18.3 Å². The smallest absolute Gasteiger partial charge is 0.388 e. The summed E-state index contributed by atoms with van der Waals surface area (Å²) in [6, 6.07) is 3.74. The van der Waals surface area contributed by atoms with Crippen LogP contribution < -0.4 is 0 Å². The minimum atomic E-state index is -4.46. The number of aromatic nitrogens is 2.